The fourth-order valence-electron chi connectivity index (χ4n) is 4.45. The fourth-order valence-corrected chi connectivity index (χ4v) is 6.24. The smallest absolute Gasteiger partial charge is 0.246 e. The van der Waals surface area contributed by atoms with Crippen LogP contribution in [0.5, 0.6) is 0 Å². The normalized spacial score (nSPS) is 19.7. The van der Waals surface area contributed by atoms with E-state index in [2.05, 4.69) is 19.7 Å². The summed E-state index contributed by atoms with van der Waals surface area (Å²) in [7, 11) is -4.14. The van der Waals surface area contributed by atoms with Crippen LogP contribution in [0.25, 0.3) is 22.3 Å². The molecular formula is C22H21F2N5O2S. The van der Waals surface area contributed by atoms with Gasteiger partial charge in [-0.15, -0.1) is 0 Å². The second-order valence-electron chi connectivity index (χ2n) is 8.13. The van der Waals surface area contributed by atoms with Gasteiger partial charge in [-0.05, 0) is 49.6 Å². The Kier molecular flexibility index (Phi) is 5.06. The van der Waals surface area contributed by atoms with E-state index in [0.717, 1.165) is 34.4 Å². The maximum absolute atomic E-state index is 14.2. The number of halogens is 2. The predicted octanol–water partition coefficient (Wildman–Crippen LogP) is 3.80. The van der Waals surface area contributed by atoms with Gasteiger partial charge in [-0.1, -0.05) is 6.07 Å². The van der Waals surface area contributed by atoms with Crippen molar-refractivity contribution in [1.82, 2.24) is 24.1 Å². The molecule has 0 radical (unpaired) electrons. The van der Waals surface area contributed by atoms with E-state index in [1.807, 2.05) is 24.4 Å². The third-order valence-electron chi connectivity index (χ3n) is 5.98. The molecule has 1 fully saturated rings. The number of fused-ring (bicyclic) bond motifs is 1. The molecule has 0 amide bonds. The van der Waals surface area contributed by atoms with E-state index in [1.54, 1.807) is 19.3 Å². The van der Waals surface area contributed by atoms with Gasteiger partial charge in [0.1, 0.15) is 4.90 Å². The molecule has 4 heterocycles. The summed E-state index contributed by atoms with van der Waals surface area (Å²) < 4.78 is 57.2. The molecule has 0 aliphatic carbocycles. The zero-order valence-corrected chi connectivity index (χ0v) is 18.1. The number of benzene rings is 1. The first-order valence-electron chi connectivity index (χ1n) is 10.3. The van der Waals surface area contributed by atoms with Gasteiger partial charge in [-0.25, -0.2) is 22.2 Å². The highest BCUT2D eigenvalue weighted by Crippen LogP contribution is 2.32. The molecule has 0 bridgehead atoms. The number of H-pyrrole nitrogens is 1. The molecule has 1 aliphatic heterocycles. The second-order valence-corrected chi connectivity index (χ2v) is 9.99. The summed E-state index contributed by atoms with van der Waals surface area (Å²) >= 11 is 0. The number of hydrogen-bond donors (Lipinski definition) is 1. The van der Waals surface area contributed by atoms with Crippen LogP contribution >= 0.6 is 0 Å². The molecular weight excluding hydrogens is 436 g/mol. The molecule has 2 atom stereocenters. The Morgan fingerprint density at radius 1 is 1.19 bits per heavy atom. The van der Waals surface area contributed by atoms with Crippen molar-refractivity contribution < 1.29 is 17.2 Å². The van der Waals surface area contributed by atoms with Gasteiger partial charge >= 0.3 is 0 Å². The summed E-state index contributed by atoms with van der Waals surface area (Å²) in [5.74, 6) is -2.48. The monoisotopic (exact) mass is 457 g/mol. The molecule has 7 nitrogen and oxygen atoms in total. The summed E-state index contributed by atoms with van der Waals surface area (Å²) in [4.78, 5) is 4.06. The van der Waals surface area contributed by atoms with E-state index >= 15 is 0 Å². The third-order valence-corrected chi connectivity index (χ3v) is 7.98. The van der Waals surface area contributed by atoms with Crippen molar-refractivity contribution in [3.05, 3.63) is 66.6 Å². The summed E-state index contributed by atoms with van der Waals surface area (Å²) in [6.07, 6.45) is 6.05. The zero-order valence-electron chi connectivity index (χ0n) is 17.2. The molecule has 1 saturated heterocycles. The molecule has 1 N–H and O–H groups in total. The van der Waals surface area contributed by atoms with E-state index in [0.29, 0.717) is 13.0 Å². The lowest BCUT2D eigenvalue weighted by Crippen LogP contribution is -2.34. The predicted molar refractivity (Wildman–Crippen MR) is 115 cm³/mol. The Balaban J connectivity index is 1.37. The highest BCUT2D eigenvalue weighted by molar-refractivity contribution is 7.89. The number of aromatic amines is 1. The summed E-state index contributed by atoms with van der Waals surface area (Å²) in [5, 5.41) is 6.73. The third kappa shape index (κ3) is 3.49. The molecule has 1 aromatic carbocycles. The second kappa shape index (κ2) is 7.79. The minimum absolute atomic E-state index is 0.0283. The van der Waals surface area contributed by atoms with Crippen molar-refractivity contribution in [1.29, 1.82) is 0 Å². The molecule has 5 rings (SSSR count). The average molecular weight is 458 g/mol. The van der Waals surface area contributed by atoms with Crippen molar-refractivity contribution >= 4 is 21.1 Å². The van der Waals surface area contributed by atoms with Crippen molar-refractivity contribution in [3.8, 4) is 11.3 Å². The van der Waals surface area contributed by atoms with Crippen molar-refractivity contribution in [3.63, 3.8) is 0 Å². The number of nitrogens with zero attached hydrogens (tertiary/aromatic N) is 4. The Bertz CT molecular complexity index is 1380. The molecule has 0 unspecified atom stereocenters. The molecule has 4 aromatic rings. The minimum atomic E-state index is -4.14. The number of hydrogen-bond acceptors (Lipinski definition) is 4. The maximum Gasteiger partial charge on any atom is 0.246 e. The molecule has 1 aliphatic rings. The van der Waals surface area contributed by atoms with Crippen LogP contribution in [-0.4, -0.2) is 45.1 Å². The van der Waals surface area contributed by atoms with Crippen LogP contribution in [0.4, 0.5) is 8.78 Å². The summed E-state index contributed by atoms with van der Waals surface area (Å²) in [6, 6.07) is 8.74. The van der Waals surface area contributed by atoms with Gasteiger partial charge in [0.05, 0.1) is 22.9 Å². The molecule has 0 saturated carbocycles. The van der Waals surface area contributed by atoms with E-state index in [-0.39, 0.29) is 18.5 Å². The molecule has 0 spiro atoms. The number of rotatable bonds is 5. The van der Waals surface area contributed by atoms with Crippen LogP contribution in [0.3, 0.4) is 0 Å². The van der Waals surface area contributed by atoms with Crippen LogP contribution in [0.15, 0.2) is 59.9 Å². The largest absolute Gasteiger partial charge is 0.346 e. The van der Waals surface area contributed by atoms with Crippen molar-refractivity contribution in [2.75, 3.05) is 6.54 Å². The first-order chi connectivity index (χ1) is 15.3. The lowest BCUT2D eigenvalue weighted by atomic mass is 10.1. The first-order valence-corrected chi connectivity index (χ1v) is 11.7. The van der Waals surface area contributed by atoms with E-state index < -0.39 is 26.6 Å². The Morgan fingerprint density at radius 2 is 2.03 bits per heavy atom. The molecule has 3 aromatic heterocycles. The minimum Gasteiger partial charge on any atom is -0.346 e. The number of sulfonamides is 1. The van der Waals surface area contributed by atoms with Crippen LogP contribution in [0.1, 0.15) is 13.3 Å². The highest BCUT2D eigenvalue weighted by atomic mass is 32.2. The SMILES string of the molecule is C[C@@H]1C[C@@H](Cn2ccc3nc(-c4cn[nH]c4)ccc32)CN1S(=O)(=O)c1cccc(F)c1F. The maximum atomic E-state index is 14.2. The number of pyridine rings is 1. The molecule has 166 valence electrons. The Morgan fingerprint density at radius 3 is 2.81 bits per heavy atom. The van der Waals surface area contributed by atoms with E-state index in [1.165, 1.54) is 10.4 Å². The summed E-state index contributed by atoms with van der Waals surface area (Å²) in [5.41, 5.74) is 3.49. The van der Waals surface area contributed by atoms with Crippen LogP contribution in [0, 0.1) is 17.6 Å². The van der Waals surface area contributed by atoms with Crippen LogP contribution in [-0.2, 0) is 16.6 Å². The van der Waals surface area contributed by atoms with Gasteiger partial charge in [0.25, 0.3) is 0 Å². The van der Waals surface area contributed by atoms with Gasteiger partial charge < -0.3 is 4.57 Å². The molecule has 32 heavy (non-hydrogen) atoms. The van der Waals surface area contributed by atoms with Crippen LogP contribution < -0.4 is 0 Å². The van der Waals surface area contributed by atoms with E-state index in [9.17, 15) is 17.2 Å². The Hall–Kier alpha value is -3.11. The van der Waals surface area contributed by atoms with E-state index in [4.69, 9.17) is 0 Å². The topological polar surface area (TPSA) is 83.9 Å². The Labute approximate surface area is 183 Å². The van der Waals surface area contributed by atoms with Gasteiger partial charge in [0.15, 0.2) is 11.6 Å². The van der Waals surface area contributed by atoms with Crippen molar-refractivity contribution in [2.24, 2.45) is 5.92 Å². The average Bonchev–Trinajstić information content (AvgIpc) is 3.50. The lowest BCUT2D eigenvalue weighted by Gasteiger charge is -2.21. The molecule has 10 heteroatoms. The lowest BCUT2D eigenvalue weighted by molar-refractivity contribution is 0.393. The quantitative estimate of drug-likeness (QED) is 0.494. The van der Waals surface area contributed by atoms with Gasteiger partial charge in [0, 0.05) is 37.1 Å². The van der Waals surface area contributed by atoms with Gasteiger partial charge in [-0.2, -0.15) is 9.40 Å². The number of aromatic nitrogens is 4. The highest BCUT2D eigenvalue weighted by Gasteiger charge is 2.39. The van der Waals surface area contributed by atoms with Crippen molar-refractivity contribution in [2.45, 2.75) is 30.8 Å². The number of nitrogens with one attached hydrogen (secondary N) is 1. The van der Waals surface area contributed by atoms with Gasteiger partial charge in [0.2, 0.25) is 10.0 Å². The zero-order chi connectivity index (χ0) is 22.5. The van der Waals surface area contributed by atoms with Crippen LogP contribution in [0.2, 0.25) is 0 Å². The summed E-state index contributed by atoms with van der Waals surface area (Å²) in [6.45, 7) is 2.62. The standard InChI is InChI=1S/C22H21F2N5O2S/c1-14-9-15(13-29(14)32(30,31)21-4-2-3-17(23)22(21)24)12-28-8-7-19-20(28)6-5-18(27-19)16-10-25-26-11-16/h2-8,10-11,14-15H,9,12-13H2,1H3,(H,25,26)/t14-,15+/m1/s1. The van der Waals surface area contributed by atoms with Gasteiger partial charge in [-0.3, -0.25) is 5.10 Å². The fraction of sp³-hybridized carbons (Fsp3) is 0.273. The first kappa shape index (κ1) is 20.8.